The molecule has 0 aliphatic carbocycles. The van der Waals surface area contributed by atoms with Gasteiger partial charge in [-0.1, -0.05) is 49.3 Å². The van der Waals surface area contributed by atoms with E-state index in [-0.39, 0.29) is 11.8 Å². The van der Waals surface area contributed by atoms with Crippen molar-refractivity contribution in [3.05, 3.63) is 27.7 Å². The van der Waals surface area contributed by atoms with Gasteiger partial charge in [-0.2, -0.15) is 0 Å². The molecule has 2 nitrogen and oxygen atoms in total. The van der Waals surface area contributed by atoms with Gasteiger partial charge in [0.15, 0.2) is 0 Å². The zero-order chi connectivity index (χ0) is 13.9. The molecule has 0 aliphatic rings. The van der Waals surface area contributed by atoms with Crippen LogP contribution in [0.4, 0.5) is 0 Å². The number of halogens is 2. The summed E-state index contributed by atoms with van der Waals surface area (Å²) >= 11 is 17.3. The van der Waals surface area contributed by atoms with E-state index < -0.39 is 0 Å². The van der Waals surface area contributed by atoms with Gasteiger partial charge in [0, 0.05) is 16.5 Å². The fraction of sp³-hybridized carbons (Fsp3) is 0.462. The van der Waals surface area contributed by atoms with Gasteiger partial charge in [0.1, 0.15) is 5.75 Å². The molecular weight excluding hydrogens is 289 g/mol. The Morgan fingerprint density at radius 1 is 1.39 bits per heavy atom. The van der Waals surface area contributed by atoms with Crippen LogP contribution in [0.3, 0.4) is 0 Å². The van der Waals surface area contributed by atoms with E-state index in [4.69, 9.17) is 45.9 Å². The monoisotopic (exact) mass is 305 g/mol. The minimum absolute atomic E-state index is 0.0498. The number of hydrogen-bond donors (Lipinski definition) is 1. The molecule has 0 saturated carbocycles. The normalized spacial score (nSPS) is 14.1. The summed E-state index contributed by atoms with van der Waals surface area (Å²) in [7, 11) is 0. The highest BCUT2D eigenvalue weighted by atomic mass is 35.5. The van der Waals surface area contributed by atoms with E-state index >= 15 is 0 Å². The summed E-state index contributed by atoms with van der Waals surface area (Å²) in [6, 6.07) is 3.54. The first kappa shape index (κ1) is 15.5. The summed E-state index contributed by atoms with van der Waals surface area (Å²) in [5.41, 5.74) is 6.64. The van der Waals surface area contributed by atoms with Crippen LogP contribution in [-0.4, -0.2) is 11.6 Å². The zero-order valence-electron chi connectivity index (χ0n) is 10.7. The smallest absolute Gasteiger partial charge is 0.141 e. The maximum atomic E-state index is 6.17. The minimum atomic E-state index is 0.0498. The minimum Gasteiger partial charge on any atom is -0.492 e. The highest BCUT2D eigenvalue weighted by molar-refractivity contribution is 7.80. The summed E-state index contributed by atoms with van der Waals surface area (Å²) in [5.74, 6) is 0.813. The Morgan fingerprint density at radius 2 is 2.00 bits per heavy atom. The molecule has 1 aromatic carbocycles. The van der Waals surface area contributed by atoms with Crippen molar-refractivity contribution in [2.75, 3.05) is 6.61 Å². The number of benzene rings is 1. The molecular formula is C13H17Cl2NOS. The van der Waals surface area contributed by atoms with Gasteiger partial charge in [0.05, 0.1) is 16.6 Å². The number of thiocarbonyl (C=S) groups is 1. The predicted molar refractivity (Wildman–Crippen MR) is 82.0 cm³/mol. The Hall–Kier alpha value is -0.510. The van der Waals surface area contributed by atoms with Crippen molar-refractivity contribution in [3.63, 3.8) is 0 Å². The van der Waals surface area contributed by atoms with Gasteiger partial charge in [-0.3, -0.25) is 0 Å². The molecule has 0 aliphatic heterocycles. The average Bonchev–Trinajstić information content (AvgIpc) is 2.30. The van der Waals surface area contributed by atoms with E-state index in [1.165, 1.54) is 0 Å². The highest BCUT2D eigenvalue weighted by Crippen LogP contribution is 2.39. The average molecular weight is 306 g/mol. The van der Waals surface area contributed by atoms with Crippen LogP contribution < -0.4 is 10.5 Å². The lowest BCUT2D eigenvalue weighted by molar-refractivity contribution is 0.333. The molecule has 2 atom stereocenters. The Bertz CT molecular complexity index is 451. The molecule has 1 aromatic rings. The molecule has 0 bridgehead atoms. The first-order valence-electron chi connectivity index (χ1n) is 5.79. The van der Waals surface area contributed by atoms with Crippen molar-refractivity contribution >= 4 is 40.4 Å². The Balaban J connectivity index is 3.24. The van der Waals surface area contributed by atoms with Crippen molar-refractivity contribution in [2.24, 2.45) is 11.7 Å². The topological polar surface area (TPSA) is 35.2 Å². The number of hydrogen-bond acceptors (Lipinski definition) is 2. The van der Waals surface area contributed by atoms with Gasteiger partial charge in [0.25, 0.3) is 0 Å². The Morgan fingerprint density at radius 3 is 2.50 bits per heavy atom. The maximum absolute atomic E-state index is 6.17. The number of ether oxygens (including phenoxy) is 1. The van der Waals surface area contributed by atoms with Crippen molar-refractivity contribution in [1.82, 2.24) is 0 Å². The van der Waals surface area contributed by atoms with E-state index in [2.05, 4.69) is 0 Å². The fourth-order valence-corrected chi connectivity index (χ4v) is 2.50. The number of nitrogens with two attached hydrogens (primary N) is 1. The van der Waals surface area contributed by atoms with E-state index in [1.807, 2.05) is 26.8 Å². The molecule has 5 heteroatoms. The largest absolute Gasteiger partial charge is 0.492 e. The SMILES string of the molecule is CCOc1c(Cl)cc(Cl)cc1C(C)C(C)C(N)=S. The Labute approximate surface area is 123 Å². The first-order valence-corrected chi connectivity index (χ1v) is 6.95. The summed E-state index contributed by atoms with van der Waals surface area (Å²) in [6.45, 7) is 6.48. The lowest BCUT2D eigenvalue weighted by atomic mass is 9.88. The molecule has 0 saturated heterocycles. The summed E-state index contributed by atoms with van der Waals surface area (Å²) in [6.07, 6.45) is 0. The molecule has 0 fully saturated rings. The van der Waals surface area contributed by atoms with Crippen LogP contribution >= 0.6 is 35.4 Å². The van der Waals surface area contributed by atoms with E-state index in [1.54, 1.807) is 6.07 Å². The third kappa shape index (κ3) is 3.50. The van der Waals surface area contributed by atoms with Gasteiger partial charge in [0.2, 0.25) is 0 Å². The second-order valence-corrected chi connectivity index (χ2v) is 5.53. The molecule has 0 aromatic heterocycles. The fourth-order valence-electron chi connectivity index (χ4n) is 1.73. The molecule has 0 amide bonds. The van der Waals surface area contributed by atoms with Gasteiger partial charge in [-0.05, 0) is 25.0 Å². The van der Waals surface area contributed by atoms with Crippen molar-refractivity contribution in [1.29, 1.82) is 0 Å². The van der Waals surface area contributed by atoms with E-state index in [0.717, 1.165) is 5.56 Å². The van der Waals surface area contributed by atoms with Crippen LogP contribution in [-0.2, 0) is 0 Å². The molecule has 0 heterocycles. The summed E-state index contributed by atoms with van der Waals surface area (Å²) < 4.78 is 5.60. The zero-order valence-corrected chi connectivity index (χ0v) is 13.0. The van der Waals surface area contributed by atoms with E-state index in [9.17, 15) is 0 Å². The second-order valence-electron chi connectivity index (χ2n) is 4.22. The van der Waals surface area contributed by atoms with Crippen LogP contribution in [0.25, 0.3) is 0 Å². The highest BCUT2D eigenvalue weighted by Gasteiger charge is 2.22. The van der Waals surface area contributed by atoms with Crippen molar-refractivity contribution < 1.29 is 4.74 Å². The van der Waals surface area contributed by atoms with Gasteiger partial charge in [-0.25, -0.2) is 0 Å². The summed E-state index contributed by atoms with van der Waals surface area (Å²) in [4.78, 5) is 0.473. The van der Waals surface area contributed by atoms with Crippen molar-refractivity contribution in [3.8, 4) is 5.75 Å². The van der Waals surface area contributed by atoms with E-state index in [0.29, 0.717) is 27.4 Å². The predicted octanol–water partition coefficient (Wildman–Crippen LogP) is 4.42. The standard InChI is InChI=1S/C13H17Cl2NOS/c1-4-17-12-10(5-9(14)6-11(12)15)7(2)8(3)13(16)18/h5-8H,4H2,1-3H3,(H2,16,18). The van der Waals surface area contributed by atoms with Gasteiger partial charge in [-0.15, -0.1) is 0 Å². The van der Waals surface area contributed by atoms with Crippen LogP contribution in [0.1, 0.15) is 32.3 Å². The van der Waals surface area contributed by atoms with Crippen molar-refractivity contribution in [2.45, 2.75) is 26.7 Å². The third-order valence-corrected chi connectivity index (χ3v) is 3.89. The van der Waals surface area contributed by atoms with Gasteiger partial charge >= 0.3 is 0 Å². The summed E-state index contributed by atoms with van der Waals surface area (Å²) in [5, 5.41) is 1.10. The third-order valence-electron chi connectivity index (χ3n) is 3.02. The maximum Gasteiger partial charge on any atom is 0.141 e. The number of rotatable bonds is 5. The Kier molecular flexibility index (Phi) is 5.70. The van der Waals surface area contributed by atoms with Crippen LogP contribution in [0, 0.1) is 5.92 Å². The molecule has 2 unspecified atom stereocenters. The molecule has 18 heavy (non-hydrogen) atoms. The van der Waals surface area contributed by atoms with Gasteiger partial charge < -0.3 is 10.5 Å². The van der Waals surface area contributed by atoms with Crippen LogP contribution in [0.15, 0.2) is 12.1 Å². The quantitative estimate of drug-likeness (QED) is 0.818. The second kappa shape index (κ2) is 6.60. The lowest BCUT2D eigenvalue weighted by Crippen LogP contribution is -2.23. The van der Waals surface area contributed by atoms with Crippen LogP contribution in [0.5, 0.6) is 5.75 Å². The molecule has 1 rings (SSSR count). The molecule has 2 N–H and O–H groups in total. The molecule has 0 spiro atoms. The molecule has 100 valence electrons. The van der Waals surface area contributed by atoms with Crippen LogP contribution in [0.2, 0.25) is 10.0 Å². The lowest BCUT2D eigenvalue weighted by Gasteiger charge is -2.22. The first-order chi connectivity index (χ1) is 8.38. The molecule has 0 radical (unpaired) electrons.